The molecule has 2 aromatic rings. The van der Waals surface area contributed by atoms with Crippen LogP contribution in [0.25, 0.3) is 0 Å². The normalized spacial score (nSPS) is 10.3. The fourth-order valence-electron chi connectivity index (χ4n) is 1.32. The highest BCUT2D eigenvalue weighted by molar-refractivity contribution is 6.30. The molecule has 0 saturated carbocycles. The van der Waals surface area contributed by atoms with Crippen LogP contribution in [0.15, 0.2) is 30.5 Å². The minimum atomic E-state index is 0.276. The molecule has 0 saturated heterocycles. The number of benzene rings is 1. The number of aromatic nitrogens is 2. The minimum absolute atomic E-state index is 0.276. The molecule has 0 aliphatic carbocycles. The smallest absolute Gasteiger partial charge is 0.322 e. The lowest BCUT2D eigenvalue weighted by Gasteiger charge is -2.07. The molecule has 0 aliphatic rings. The van der Waals surface area contributed by atoms with Crippen molar-refractivity contribution in [2.75, 3.05) is 0 Å². The third-order valence-corrected chi connectivity index (χ3v) is 2.49. The van der Waals surface area contributed by atoms with Crippen LogP contribution < -0.4 is 10.5 Å². The standard InChI is InChI=1S/C12H12ClN3O/c1-8-2-3-9(13)6-11(8)17-12-15-5-4-10(7-14)16-12/h2-6H,7,14H2,1H3. The van der Waals surface area contributed by atoms with Gasteiger partial charge >= 0.3 is 6.01 Å². The highest BCUT2D eigenvalue weighted by atomic mass is 35.5. The molecule has 0 spiro atoms. The topological polar surface area (TPSA) is 61.0 Å². The van der Waals surface area contributed by atoms with Crippen molar-refractivity contribution in [3.8, 4) is 11.8 Å². The van der Waals surface area contributed by atoms with Crippen LogP contribution in [0, 0.1) is 6.92 Å². The van der Waals surface area contributed by atoms with Crippen LogP contribution in [0.1, 0.15) is 11.3 Å². The Bertz CT molecular complexity index is 531. The Hall–Kier alpha value is -1.65. The van der Waals surface area contributed by atoms with E-state index in [4.69, 9.17) is 22.1 Å². The summed E-state index contributed by atoms with van der Waals surface area (Å²) in [5.74, 6) is 0.645. The van der Waals surface area contributed by atoms with Gasteiger partial charge in [-0.25, -0.2) is 4.98 Å². The maximum Gasteiger partial charge on any atom is 0.322 e. The quantitative estimate of drug-likeness (QED) is 0.909. The zero-order valence-corrected chi connectivity index (χ0v) is 10.1. The van der Waals surface area contributed by atoms with Gasteiger partial charge < -0.3 is 10.5 Å². The maximum atomic E-state index is 5.90. The fourth-order valence-corrected chi connectivity index (χ4v) is 1.48. The number of rotatable bonds is 3. The summed E-state index contributed by atoms with van der Waals surface area (Å²) in [5.41, 5.74) is 7.20. The highest BCUT2D eigenvalue weighted by Crippen LogP contribution is 2.25. The van der Waals surface area contributed by atoms with Crippen molar-refractivity contribution in [1.29, 1.82) is 0 Å². The molecule has 2 rings (SSSR count). The van der Waals surface area contributed by atoms with E-state index < -0.39 is 0 Å². The first-order valence-corrected chi connectivity index (χ1v) is 5.53. The summed E-state index contributed by atoms with van der Waals surface area (Å²) in [6, 6.07) is 7.44. The lowest BCUT2D eigenvalue weighted by atomic mass is 10.2. The number of hydrogen-bond acceptors (Lipinski definition) is 4. The van der Waals surface area contributed by atoms with E-state index in [9.17, 15) is 0 Å². The molecule has 1 aromatic heterocycles. The zero-order valence-electron chi connectivity index (χ0n) is 9.35. The van der Waals surface area contributed by atoms with E-state index in [1.54, 1.807) is 24.4 Å². The monoisotopic (exact) mass is 249 g/mol. The molecule has 0 atom stereocenters. The Kier molecular flexibility index (Phi) is 3.56. The van der Waals surface area contributed by atoms with Gasteiger partial charge in [0, 0.05) is 17.8 Å². The summed E-state index contributed by atoms with van der Waals surface area (Å²) in [7, 11) is 0. The summed E-state index contributed by atoms with van der Waals surface area (Å²) in [4.78, 5) is 8.18. The number of aryl methyl sites for hydroxylation is 1. The fraction of sp³-hybridized carbons (Fsp3) is 0.167. The van der Waals surface area contributed by atoms with Gasteiger partial charge in [0.25, 0.3) is 0 Å². The zero-order chi connectivity index (χ0) is 12.3. The lowest BCUT2D eigenvalue weighted by Crippen LogP contribution is -2.02. The van der Waals surface area contributed by atoms with E-state index in [0.29, 0.717) is 17.3 Å². The first-order chi connectivity index (χ1) is 8.19. The molecule has 0 bridgehead atoms. The summed E-state index contributed by atoms with van der Waals surface area (Å²) >= 11 is 5.90. The predicted octanol–water partition coefficient (Wildman–Crippen LogP) is 2.69. The molecular weight excluding hydrogens is 238 g/mol. The summed E-state index contributed by atoms with van der Waals surface area (Å²) < 4.78 is 5.57. The molecular formula is C12H12ClN3O. The molecule has 0 fully saturated rings. The van der Waals surface area contributed by atoms with Crippen molar-refractivity contribution < 1.29 is 4.74 Å². The van der Waals surface area contributed by atoms with Crippen LogP contribution in [0.2, 0.25) is 5.02 Å². The molecule has 17 heavy (non-hydrogen) atoms. The van der Waals surface area contributed by atoms with Gasteiger partial charge in [-0.05, 0) is 30.7 Å². The first kappa shape index (κ1) is 11.8. The van der Waals surface area contributed by atoms with Crippen LogP contribution in [0.4, 0.5) is 0 Å². The summed E-state index contributed by atoms with van der Waals surface area (Å²) in [6.45, 7) is 2.28. The van der Waals surface area contributed by atoms with E-state index in [0.717, 1.165) is 11.3 Å². The van der Waals surface area contributed by atoms with Gasteiger partial charge in [-0.1, -0.05) is 17.7 Å². The van der Waals surface area contributed by atoms with Crippen LogP contribution in [-0.4, -0.2) is 9.97 Å². The molecule has 0 radical (unpaired) electrons. The van der Waals surface area contributed by atoms with Crippen LogP contribution in [0.3, 0.4) is 0 Å². The number of nitrogens with zero attached hydrogens (tertiary/aromatic N) is 2. The average molecular weight is 250 g/mol. The molecule has 5 heteroatoms. The van der Waals surface area contributed by atoms with Gasteiger partial charge in [0.2, 0.25) is 0 Å². The summed E-state index contributed by atoms with van der Waals surface area (Å²) in [5, 5.41) is 0.612. The molecule has 0 unspecified atom stereocenters. The van der Waals surface area contributed by atoms with Crippen LogP contribution in [-0.2, 0) is 6.54 Å². The van der Waals surface area contributed by atoms with Gasteiger partial charge in [0.15, 0.2) is 0 Å². The van der Waals surface area contributed by atoms with Crippen molar-refractivity contribution in [3.63, 3.8) is 0 Å². The molecule has 2 N–H and O–H groups in total. The van der Waals surface area contributed by atoms with Crippen LogP contribution in [0.5, 0.6) is 11.8 Å². The van der Waals surface area contributed by atoms with E-state index >= 15 is 0 Å². The van der Waals surface area contributed by atoms with Crippen molar-refractivity contribution in [2.24, 2.45) is 5.73 Å². The second kappa shape index (κ2) is 5.12. The van der Waals surface area contributed by atoms with Gasteiger partial charge in [-0.15, -0.1) is 0 Å². The number of nitrogens with two attached hydrogens (primary N) is 1. The largest absolute Gasteiger partial charge is 0.424 e. The van der Waals surface area contributed by atoms with Crippen molar-refractivity contribution in [1.82, 2.24) is 9.97 Å². The van der Waals surface area contributed by atoms with Crippen LogP contribution >= 0.6 is 11.6 Å². The van der Waals surface area contributed by atoms with E-state index in [2.05, 4.69) is 9.97 Å². The Morgan fingerprint density at radius 3 is 2.94 bits per heavy atom. The summed E-state index contributed by atoms with van der Waals surface area (Å²) in [6.07, 6.45) is 1.62. The van der Waals surface area contributed by atoms with E-state index in [1.165, 1.54) is 0 Å². The molecule has 0 aliphatic heterocycles. The Morgan fingerprint density at radius 2 is 2.18 bits per heavy atom. The van der Waals surface area contributed by atoms with Gasteiger partial charge in [-0.3, -0.25) is 0 Å². The third kappa shape index (κ3) is 2.93. The van der Waals surface area contributed by atoms with Crippen molar-refractivity contribution >= 4 is 11.6 Å². The highest BCUT2D eigenvalue weighted by Gasteiger charge is 2.05. The lowest BCUT2D eigenvalue weighted by molar-refractivity contribution is 0.436. The number of hydrogen-bond donors (Lipinski definition) is 1. The van der Waals surface area contributed by atoms with Gasteiger partial charge in [-0.2, -0.15) is 4.98 Å². The molecule has 1 aromatic carbocycles. The predicted molar refractivity (Wildman–Crippen MR) is 66.2 cm³/mol. The molecule has 1 heterocycles. The number of halogens is 1. The molecule has 4 nitrogen and oxygen atoms in total. The molecule has 0 amide bonds. The number of ether oxygens (including phenoxy) is 1. The SMILES string of the molecule is Cc1ccc(Cl)cc1Oc1nccc(CN)n1. The molecule has 88 valence electrons. The van der Waals surface area contributed by atoms with Crippen molar-refractivity contribution in [2.45, 2.75) is 13.5 Å². The van der Waals surface area contributed by atoms with E-state index in [-0.39, 0.29) is 6.01 Å². The first-order valence-electron chi connectivity index (χ1n) is 5.15. The second-order valence-corrected chi connectivity index (χ2v) is 3.98. The minimum Gasteiger partial charge on any atom is -0.424 e. The Balaban J connectivity index is 2.27. The Morgan fingerprint density at radius 1 is 1.35 bits per heavy atom. The van der Waals surface area contributed by atoms with Crippen molar-refractivity contribution in [3.05, 3.63) is 46.7 Å². The average Bonchev–Trinajstić information content (AvgIpc) is 2.34. The van der Waals surface area contributed by atoms with E-state index in [1.807, 2.05) is 13.0 Å². The van der Waals surface area contributed by atoms with Gasteiger partial charge in [0.1, 0.15) is 5.75 Å². The second-order valence-electron chi connectivity index (χ2n) is 3.55. The van der Waals surface area contributed by atoms with Gasteiger partial charge in [0.05, 0.1) is 5.69 Å². The Labute approximate surface area is 104 Å². The maximum absolute atomic E-state index is 5.90. The third-order valence-electron chi connectivity index (χ3n) is 2.25.